The van der Waals surface area contributed by atoms with Crippen molar-refractivity contribution >= 4 is 34.8 Å². The first-order valence-electron chi connectivity index (χ1n) is 11.2. The van der Waals surface area contributed by atoms with Gasteiger partial charge in [-0.25, -0.2) is 0 Å². The number of amides is 3. The fraction of sp³-hybridized carbons (Fsp3) is 0.400. The molecule has 2 fully saturated rings. The van der Waals surface area contributed by atoms with Crippen LogP contribution >= 0.6 is 0 Å². The van der Waals surface area contributed by atoms with E-state index in [1.165, 1.54) is 16.2 Å². The van der Waals surface area contributed by atoms with Crippen LogP contribution in [-0.2, 0) is 20.8 Å². The largest absolute Gasteiger partial charge is 0.339 e. The maximum Gasteiger partial charge on any atom is 0.233 e. The maximum atomic E-state index is 12.7. The number of likely N-dealkylation sites (tertiary alicyclic amines) is 1. The minimum atomic E-state index is -0.185. The molecule has 2 heterocycles. The van der Waals surface area contributed by atoms with Gasteiger partial charge in [-0.1, -0.05) is 43.2 Å². The van der Waals surface area contributed by atoms with Crippen molar-refractivity contribution in [3.63, 3.8) is 0 Å². The van der Waals surface area contributed by atoms with E-state index < -0.39 is 0 Å². The van der Waals surface area contributed by atoms with Gasteiger partial charge in [-0.15, -0.1) is 0 Å². The highest BCUT2D eigenvalue weighted by Crippen LogP contribution is 2.39. The second kappa shape index (κ2) is 8.17. The lowest BCUT2D eigenvalue weighted by Crippen LogP contribution is -2.34. The van der Waals surface area contributed by atoms with Gasteiger partial charge in [0.05, 0.1) is 23.2 Å². The van der Waals surface area contributed by atoms with Crippen LogP contribution < -0.4 is 10.2 Å². The molecule has 3 aliphatic rings. The van der Waals surface area contributed by atoms with Gasteiger partial charge in [0.2, 0.25) is 17.7 Å². The van der Waals surface area contributed by atoms with E-state index in [9.17, 15) is 14.4 Å². The van der Waals surface area contributed by atoms with Crippen LogP contribution in [-0.4, -0.2) is 35.7 Å². The highest BCUT2D eigenvalue weighted by Gasteiger charge is 2.47. The minimum Gasteiger partial charge on any atom is -0.339 e. The second-order valence-corrected chi connectivity index (χ2v) is 8.67. The summed E-state index contributed by atoms with van der Waals surface area (Å²) in [6.45, 7) is 1.02. The first-order valence-corrected chi connectivity index (χ1v) is 11.2. The Labute approximate surface area is 182 Å². The number of nitrogens with one attached hydrogen (secondary N) is 1. The molecule has 6 nitrogen and oxygen atoms in total. The Balaban J connectivity index is 1.26. The molecule has 1 aliphatic carbocycles. The van der Waals surface area contributed by atoms with Crippen LogP contribution in [0, 0.1) is 11.8 Å². The number of anilines is 3. The third-order valence-electron chi connectivity index (χ3n) is 6.85. The van der Waals surface area contributed by atoms with Crippen molar-refractivity contribution < 1.29 is 14.4 Å². The summed E-state index contributed by atoms with van der Waals surface area (Å²) in [5, 5.41) is 3.00. The van der Waals surface area contributed by atoms with Gasteiger partial charge in [0.1, 0.15) is 0 Å². The predicted molar refractivity (Wildman–Crippen MR) is 119 cm³/mol. The van der Waals surface area contributed by atoms with Crippen molar-refractivity contribution in [1.82, 2.24) is 4.90 Å². The number of hydrogen-bond donors (Lipinski definition) is 1. The number of nitrogens with zero attached hydrogens (tertiary/aromatic N) is 2. The Morgan fingerprint density at radius 3 is 2.29 bits per heavy atom. The van der Waals surface area contributed by atoms with Crippen molar-refractivity contribution in [2.24, 2.45) is 11.8 Å². The average Bonchev–Trinajstić information content (AvgIpc) is 3.33. The minimum absolute atomic E-state index is 0.0865. The second-order valence-electron chi connectivity index (χ2n) is 8.67. The Hall–Kier alpha value is -3.15. The molecule has 2 aliphatic heterocycles. The van der Waals surface area contributed by atoms with E-state index >= 15 is 0 Å². The molecule has 1 saturated carbocycles. The number of hydrogen-bond acceptors (Lipinski definition) is 4. The van der Waals surface area contributed by atoms with Crippen LogP contribution in [0.3, 0.4) is 0 Å². The number of fused-ring (bicyclic) bond motifs is 2. The zero-order valence-electron chi connectivity index (χ0n) is 17.5. The molecule has 0 radical (unpaired) electrons. The summed E-state index contributed by atoms with van der Waals surface area (Å²) in [4.78, 5) is 41.5. The Kier molecular flexibility index (Phi) is 5.22. The monoisotopic (exact) mass is 417 g/mol. The lowest BCUT2D eigenvalue weighted by atomic mass is 9.81. The predicted octanol–water partition coefficient (Wildman–Crippen LogP) is 3.88. The zero-order valence-corrected chi connectivity index (χ0v) is 17.5. The van der Waals surface area contributed by atoms with Crippen LogP contribution in [0.2, 0.25) is 0 Å². The first kappa shape index (κ1) is 19.8. The standard InChI is InChI=1S/C25H27N3O3/c29-23(14-16-28-24(30)18-8-2-3-9-19(18)25(28)31)26-20-10-4-6-12-22(20)27-15-13-17-7-1-5-11-21(17)27/h1,4-7,10-12,18-19H,2-3,8-9,13-16H2,(H,26,29)/t18-,19-/m1/s1. The summed E-state index contributed by atoms with van der Waals surface area (Å²) in [7, 11) is 0. The number of imide groups is 1. The summed E-state index contributed by atoms with van der Waals surface area (Å²) in [6.07, 6.45) is 4.68. The Morgan fingerprint density at radius 1 is 0.903 bits per heavy atom. The number of para-hydroxylation sites is 3. The van der Waals surface area contributed by atoms with Crippen LogP contribution in [0.5, 0.6) is 0 Å². The molecule has 0 spiro atoms. The van der Waals surface area contributed by atoms with Gasteiger partial charge < -0.3 is 10.2 Å². The van der Waals surface area contributed by atoms with Gasteiger partial charge in [-0.05, 0) is 43.0 Å². The molecule has 1 saturated heterocycles. The lowest BCUT2D eigenvalue weighted by molar-refractivity contribution is -0.140. The topological polar surface area (TPSA) is 69.7 Å². The summed E-state index contributed by atoms with van der Waals surface area (Å²) in [6, 6.07) is 16.1. The highest BCUT2D eigenvalue weighted by molar-refractivity contribution is 6.05. The van der Waals surface area contributed by atoms with Gasteiger partial charge >= 0.3 is 0 Å². The molecule has 0 aromatic heterocycles. The third-order valence-corrected chi connectivity index (χ3v) is 6.85. The lowest BCUT2D eigenvalue weighted by Gasteiger charge is -2.23. The summed E-state index contributed by atoms with van der Waals surface area (Å²) < 4.78 is 0. The van der Waals surface area contributed by atoms with Gasteiger partial charge in [0.15, 0.2) is 0 Å². The van der Waals surface area contributed by atoms with E-state index in [0.29, 0.717) is 0 Å². The fourth-order valence-electron chi connectivity index (χ4n) is 5.28. The number of carbonyl (C=O) groups is 3. The Morgan fingerprint density at radius 2 is 1.55 bits per heavy atom. The van der Waals surface area contributed by atoms with Gasteiger partial charge in [-0.2, -0.15) is 0 Å². The van der Waals surface area contributed by atoms with Crippen molar-refractivity contribution in [3.8, 4) is 0 Å². The van der Waals surface area contributed by atoms with E-state index in [2.05, 4.69) is 22.3 Å². The van der Waals surface area contributed by atoms with Gasteiger partial charge in [0, 0.05) is 25.2 Å². The van der Waals surface area contributed by atoms with E-state index in [0.717, 1.165) is 50.0 Å². The molecule has 0 unspecified atom stereocenters. The number of benzene rings is 2. The molecule has 2 aromatic rings. The summed E-state index contributed by atoms with van der Waals surface area (Å²) in [5.74, 6) is -0.691. The van der Waals surface area contributed by atoms with Crippen molar-refractivity contribution in [1.29, 1.82) is 0 Å². The summed E-state index contributed by atoms with van der Waals surface area (Å²) in [5.41, 5.74) is 4.17. The van der Waals surface area contributed by atoms with Crippen LogP contribution in [0.25, 0.3) is 0 Å². The van der Waals surface area contributed by atoms with E-state index in [4.69, 9.17) is 0 Å². The molecular formula is C25H27N3O3. The molecule has 5 rings (SSSR count). The van der Waals surface area contributed by atoms with Gasteiger partial charge in [0.25, 0.3) is 0 Å². The smallest absolute Gasteiger partial charge is 0.233 e. The molecule has 6 heteroatoms. The SMILES string of the molecule is O=C(CCN1C(=O)[C@@H]2CCCC[C@H]2C1=O)Nc1ccccc1N1CCc2ccccc21. The normalized spacial score (nSPS) is 22.5. The third kappa shape index (κ3) is 3.60. The molecule has 0 bridgehead atoms. The van der Waals surface area contributed by atoms with Crippen LogP contribution in [0.1, 0.15) is 37.7 Å². The van der Waals surface area contributed by atoms with Crippen molar-refractivity contribution in [2.75, 3.05) is 23.3 Å². The molecule has 2 aromatic carbocycles. The van der Waals surface area contributed by atoms with E-state index in [1.54, 1.807) is 0 Å². The van der Waals surface area contributed by atoms with Crippen molar-refractivity contribution in [2.45, 2.75) is 38.5 Å². The van der Waals surface area contributed by atoms with E-state index in [1.807, 2.05) is 36.4 Å². The molecular weight excluding hydrogens is 390 g/mol. The molecule has 3 amide bonds. The molecule has 160 valence electrons. The first-order chi connectivity index (χ1) is 15.1. The fourth-order valence-corrected chi connectivity index (χ4v) is 5.28. The zero-order chi connectivity index (χ0) is 21.4. The highest BCUT2D eigenvalue weighted by atomic mass is 16.2. The molecule has 2 atom stereocenters. The van der Waals surface area contributed by atoms with Crippen molar-refractivity contribution in [3.05, 3.63) is 54.1 Å². The Bertz CT molecular complexity index is 1010. The van der Waals surface area contributed by atoms with E-state index in [-0.39, 0.29) is 42.5 Å². The van der Waals surface area contributed by atoms with Crippen LogP contribution in [0.4, 0.5) is 17.1 Å². The number of rotatable bonds is 5. The average molecular weight is 418 g/mol. The quantitative estimate of drug-likeness (QED) is 0.750. The van der Waals surface area contributed by atoms with Crippen LogP contribution in [0.15, 0.2) is 48.5 Å². The molecule has 1 N–H and O–H groups in total. The molecule has 31 heavy (non-hydrogen) atoms. The maximum absolute atomic E-state index is 12.7. The van der Waals surface area contributed by atoms with Gasteiger partial charge in [-0.3, -0.25) is 19.3 Å². The number of carbonyl (C=O) groups excluding carboxylic acids is 3. The summed E-state index contributed by atoms with van der Waals surface area (Å²) >= 11 is 0.